The molecule has 20 heavy (non-hydrogen) atoms. The zero-order chi connectivity index (χ0) is 14.9. The Morgan fingerprint density at radius 3 is 2.50 bits per heavy atom. The molecule has 1 aromatic carbocycles. The van der Waals surface area contributed by atoms with Crippen LogP contribution < -0.4 is 4.74 Å². The summed E-state index contributed by atoms with van der Waals surface area (Å²) in [7, 11) is -0.918. The predicted molar refractivity (Wildman–Crippen MR) is 69.5 cm³/mol. The average Bonchev–Trinajstić information content (AvgIpc) is 2.33. The number of carbonyl (C=O) groups is 1. The van der Waals surface area contributed by atoms with Crippen molar-refractivity contribution in [2.75, 3.05) is 27.3 Å². The number of carboxylic acid groups (broad SMARTS) is 1. The number of carboxylic acids is 1. The third kappa shape index (κ3) is 2.77. The van der Waals surface area contributed by atoms with E-state index in [4.69, 9.17) is 9.47 Å². The Hall–Kier alpha value is -1.64. The first kappa shape index (κ1) is 14.8. The Kier molecular flexibility index (Phi) is 3.98. The van der Waals surface area contributed by atoms with Gasteiger partial charge >= 0.3 is 5.97 Å². The summed E-state index contributed by atoms with van der Waals surface area (Å²) >= 11 is 0. The predicted octanol–water partition coefficient (Wildman–Crippen LogP) is 0.413. The summed E-state index contributed by atoms with van der Waals surface area (Å²) in [6.45, 7) is 0.799. The van der Waals surface area contributed by atoms with Crippen LogP contribution in [0.25, 0.3) is 0 Å². The standard InChI is InChI=1S/C12H15NO6S/c1-13(2)20(16,17)9-3-4-11(10(5-9)12(14)15)19-8-6-18-7-8/h3-5,8H,6-7H2,1-2H3,(H,14,15). The number of ether oxygens (including phenoxy) is 2. The lowest BCUT2D eigenvalue weighted by atomic mass is 10.2. The van der Waals surface area contributed by atoms with E-state index in [-0.39, 0.29) is 22.3 Å². The van der Waals surface area contributed by atoms with Crippen LogP contribution in [0.5, 0.6) is 5.75 Å². The van der Waals surface area contributed by atoms with Crippen molar-refractivity contribution in [3.63, 3.8) is 0 Å². The highest BCUT2D eigenvalue weighted by Gasteiger charge is 2.25. The lowest BCUT2D eigenvalue weighted by Crippen LogP contribution is -2.38. The van der Waals surface area contributed by atoms with Gasteiger partial charge in [-0.1, -0.05) is 0 Å². The summed E-state index contributed by atoms with van der Waals surface area (Å²) in [4.78, 5) is 11.2. The minimum absolute atomic E-state index is 0.0860. The molecule has 0 unspecified atom stereocenters. The summed E-state index contributed by atoms with van der Waals surface area (Å²) in [6.07, 6.45) is -0.190. The molecule has 1 N–H and O–H groups in total. The van der Waals surface area contributed by atoms with E-state index in [1.165, 1.54) is 26.2 Å². The van der Waals surface area contributed by atoms with Crippen LogP contribution in [0.1, 0.15) is 10.4 Å². The number of hydrogen-bond acceptors (Lipinski definition) is 5. The van der Waals surface area contributed by atoms with Gasteiger partial charge in [0.05, 0.1) is 18.1 Å². The van der Waals surface area contributed by atoms with Crippen molar-refractivity contribution in [3.8, 4) is 5.75 Å². The third-order valence-corrected chi connectivity index (χ3v) is 4.67. The van der Waals surface area contributed by atoms with E-state index in [0.29, 0.717) is 13.2 Å². The van der Waals surface area contributed by atoms with Crippen molar-refractivity contribution in [1.82, 2.24) is 4.31 Å². The molecular weight excluding hydrogens is 286 g/mol. The summed E-state index contributed by atoms with van der Waals surface area (Å²) in [5.41, 5.74) is -0.181. The normalized spacial score (nSPS) is 15.9. The van der Waals surface area contributed by atoms with E-state index >= 15 is 0 Å². The third-order valence-electron chi connectivity index (χ3n) is 2.86. The Bertz CT molecular complexity index is 621. The Balaban J connectivity index is 2.39. The van der Waals surface area contributed by atoms with E-state index in [9.17, 15) is 18.3 Å². The van der Waals surface area contributed by atoms with Crippen molar-refractivity contribution in [2.45, 2.75) is 11.0 Å². The molecule has 2 rings (SSSR count). The lowest BCUT2D eigenvalue weighted by Gasteiger charge is -2.27. The molecule has 110 valence electrons. The topological polar surface area (TPSA) is 93.1 Å². The van der Waals surface area contributed by atoms with Gasteiger partial charge in [-0.05, 0) is 18.2 Å². The molecule has 1 aliphatic rings. The minimum atomic E-state index is -3.68. The van der Waals surface area contributed by atoms with Gasteiger partial charge in [-0.2, -0.15) is 0 Å². The molecule has 1 fully saturated rings. The molecule has 0 radical (unpaired) electrons. The minimum Gasteiger partial charge on any atom is -0.485 e. The summed E-state index contributed by atoms with van der Waals surface area (Å²) in [5, 5.41) is 9.18. The van der Waals surface area contributed by atoms with Gasteiger partial charge in [-0.15, -0.1) is 0 Å². The first-order valence-electron chi connectivity index (χ1n) is 5.86. The van der Waals surface area contributed by atoms with E-state index in [2.05, 4.69) is 0 Å². The van der Waals surface area contributed by atoms with Crippen LogP contribution >= 0.6 is 0 Å². The van der Waals surface area contributed by atoms with Gasteiger partial charge in [0.25, 0.3) is 0 Å². The highest BCUT2D eigenvalue weighted by Crippen LogP contribution is 2.26. The molecule has 0 bridgehead atoms. The fraction of sp³-hybridized carbons (Fsp3) is 0.417. The molecule has 0 atom stereocenters. The SMILES string of the molecule is CN(C)S(=O)(=O)c1ccc(OC2COC2)c(C(=O)O)c1. The van der Waals surface area contributed by atoms with Gasteiger partial charge in [0.2, 0.25) is 10.0 Å². The maximum absolute atomic E-state index is 12.0. The molecule has 0 aliphatic carbocycles. The van der Waals surface area contributed by atoms with E-state index in [0.717, 1.165) is 10.4 Å². The summed E-state index contributed by atoms with van der Waals surface area (Å²) in [6, 6.07) is 3.79. The monoisotopic (exact) mass is 301 g/mol. The molecular formula is C12H15NO6S. The van der Waals surface area contributed by atoms with Crippen molar-refractivity contribution in [2.24, 2.45) is 0 Å². The second kappa shape index (κ2) is 5.39. The Labute approximate surface area is 116 Å². The number of aromatic carboxylic acids is 1. The van der Waals surface area contributed by atoms with Crippen LogP contribution in [0.2, 0.25) is 0 Å². The second-order valence-electron chi connectivity index (χ2n) is 4.53. The van der Waals surface area contributed by atoms with E-state index in [1.54, 1.807) is 0 Å². The van der Waals surface area contributed by atoms with Gasteiger partial charge in [-0.3, -0.25) is 0 Å². The van der Waals surface area contributed by atoms with Crippen LogP contribution in [0.3, 0.4) is 0 Å². The van der Waals surface area contributed by atoms with E-state index < -0.39 is 16.0 Å². The molecule has 1 aliphatic heterocycles. The maximum atomic E-state index is 12.0. The number of sulfonamides is 1. The first-order valence-corrected chi connectivity index (χ1v) is 7.30. The number of nitrogens with zero attached hydrogens (tertiary/aromatic N) is 1. The van der Waals surface area contributed by atoms with Crippen LogP contribution in [-0.4, -0.2) is 57.2 Å². The molecule has 0 amide bonds. The zero-order valence-electron chi connectivity index (χ0n) is 11.1. The number of benzene rings is 1. The van der Waals surface area contributed by atoms with E-state index in [1.807, 2.05) is 0 Å². The molecule has 7 nitrogen and oxygen atoms in total. The summed E-state index contributed by atoms with van der Waals surface area (Å²) in [5.74, 6) is -1.10. The molecule has 1 aromatic rings. The Morgan fingerprint density at radius 1 is 1.40 bits per heavy atom. The maximum Gasteiger partial charge on any atom is 0.339 e. The van der Waals surface area contributed by atoms with Crippen molar-refractivity contribution in [1.29, 1.82) is 0 Å². The smallest absolute Gasteiger partial charge is 0.339 e. The van der Waals surface area contributed by atoms with Gasteiger partial charge in [0, 0.05) is 14.1 Å². The average molecular weight is 301 g/mol. The van der Waals surface area contributed by atoms with Gasteiger partial charge in [0.15, 0.2) is 0 Å². The fourth-order valence-electron chi connectivity index (χ4n) is 1.61. The van der Waals surface area contributed by atoms with Crippen LogP contribution in [0.15, 0.2) is 23.1 Å². The zero-order valence-corrected chi connectivity index (χ0v) is 11.9. The fourth-order valence-corrected chi connectivity index (χ4v) is 2.54. The van der Waals surface area contributed by atoms with Crippen LogP contribution in [0.4, 0.5) is 0 Å². The van der Waals surface area contributed by atoms with Gasteiger partial charge in [0.1, 0.15) is 17.4 Å². The highest BCUT2D eigenvalue weighted by atomic mass is 32.2. The van der Waals surface area contributed by atoms with Crippen molar-refractivity contribution < 1.29 is 27.8 Å². The molecule has 1 saturated heterocycles. The summed E-state index contributed by atoms with van der Waals surface area (Å²) < 4.78 is 35.4. The van der Waals surface area contributed by atoms with Crippen LogP contribution in [0, 0.1) is 0 Å². The van der Waals surface area contributed by atoms with Crippen molar-refractivity contribution in [3.05, 3.63) is 23.8 Å². The number of hydrogen-bond donors (Lipinski definition) is 1. The molecule has 0 saturated carbocycles. The molecule has 0 spiro atoms. The highest BCUT2D eigenvalue weighted by molar-refractivity contribution is 7.89. The van der Waals surface area contributed by atoms with Crippen molar-refractivity contribution >= 4 is 16.0 Å². The number of rotatable bonds is 5. The lowest BCUT2D eigenvalue weighted by molar-refractivity contribution is -0.0799. The van der Waals surface area contributed by atoms with Crippen LogP contribution in [-0.2, 0) is 14.8 Å². The Morgan fingerprint density at radius 2 is 2.05 bits per heavy atom. The molecule has 1 heterocycles. The molecule has 0 aromatic heterocycles. The largest absolute Gasteiger partial charge is 0.485 e. The van der Waals surface area contributed by atoms with Gasteiger partial charge < -0.3 is 14.6 Å². The molecule has 8 heteroatoms. The van der Waals surface area contributed by atoms with Gasteiger partial charge in [-0.25, -0.2) is 17.5 Å². The first-order chi connectivity index (χ1) is 9.32. The quantitative estimate of drug-likeness (QED) is 0.847. The second-order valence-corrected chi connectivity index (χ2v) is 6.68.